The van der Waals surface area contributed by atoms with Gasteiger partial charge in [0.25, 0.3) is 0 Å². The van der Waals surface area contributed by atoms with Crippen molar-refractivity contribution in [3.05, 3.63) is 34.7 Å². The lowest BCUT2D eigenvalue weighted by atomic mass is 10.3. The number of rotatable bonds is 2. The number of hydrogen-bond donors (Lipinski definition) is 0. The molecule has 2 aromatic rings. The second-order valence-electron chi connectivity index (χ2n) is 5.30. The van der Waals surface area contributed by atoms with Gasteiger partial charge in [0.2, 0.25) is 5.91 Å². The van der Waals surface area contributed by atoms with Gasteiger partial charge in [0, 0.05) is 25.5 Å². The van der Waals surface area contributed by atoms with Crippen molar-refractivity contribution in [1.82, 2.24) is 14.3 Å². The first-order valence-corrected chi connectivity index (χ1v) is 7.24. The Morgan fingerprint density at radius 1 is 1.27 bits per heavy atom. The molecule has 0 aliphatic carbocycles. The molecule has 22 heavy (non-hydrogen) atoms. The third-order valence-corrected chi connectivity index (χ3v) is 3.95. The summed E-state index contributed by atoms with van der Waals surface area (Å²) in [4.78, 5) is 18.0. The van der Waals surface area contributed by atoms with Crippen LogP contribution in [0.4, 0.5) is 13.2 Å². The standard InChI is InChI=1S/C14H13ClF3N3O/c15-11-5-9(14(16,17)18)7-21-8-10(19-13(11)21)6-12(22)20-3-1-2-4-20/h5,7-8H,1-4,6H2. The van der Waals surface area contributed by atoms with Gasteiger partial charge < -0.3 is 9.30 Å². The van der Waals surface area contributed by atoms with Gasteiger partial charge in [0.15, 0.2) is 5.65 Å². The number of nitrogens with zero attached hydrogens (tertiary/aromatic N) is 3. The van der Waals surface area contributed by atoms with Crippen molar-refractivity contribution in [3.63, 3.8) is 0 Å². The Morgan fingerprint density at radius 3 is 2.59 bits per heavy atom. The summed E-state index contributed by atoms with van der Waals surface area (Å²) in [5.74, 6) is -0.0620. The number of likely N-dealkylation sites (tertiary alicyclic amines) is 1. The fourth-order valence-electron chi connectivity index (χ4n) is 2.58. The average Bonchev–Trinajstić information content (AvgIpc) is 3.05. The van der Waals surface area contributed by atoms with Crippen LogP contribution in [0.2, 0.25) is 5.02 Å². The Morgan fingerprint density at radius 2 is 1.95 bits per heavy atom. The molecule has 0 spiro atoms. The number of carbonyl (C=O) groups is 1. The largest absolute Gasteiger partial charge is 0.417 e. The normalized spacial score (nSPS) is 15.7. The molecule has 118 valence electrons. The van der Waals surface area contributed by atoms with Crippen LogP contribution < -0.4 is 0 Å². The molecule has 0 atom stereocenters. The van der Waals surface area contributed by atoms with Crippen LogP contribution in [-0.2, 0) is 17.4 Å². The fourth-order valence-corrected chi connectivity index (χ4v) is 2.84. The molecule has 1 aliphatic heterocycles. The summed E-state index contributed by atoms with van der Waals surface area (Å²) in [6.07, 6.45) is -0.0924. The fraction of sp³-hybridized carbons (Fsp3) is 0.429. The quantitative estimate of drug-likeness (QED) is 0.847. The zero-order valence-electron chi connectivity index (χ0n) is 11.5. The first-order chi connectivity index (χ1) is 10.3. The van der Waals surface area contributed by atoms with Crippen molar-refractivity contribution >= 4 is 23.2 Å². The van der Waals surface area contributed by atoms with E-state index in [9.17, 15) is 18.0 Å². The Labute approximate surface area is 129 Å². The van der Waals surface area contributed by atoms with Crippen molar-refractivity contribution in [2.45, 2.75) is 25.4 Å². The molecule has 0 unspecified atom stereocenters. The van der Waals surface area contributed by atoms with E-state index >= 15 is 0 Å². The molecule has 0 saturated carbocycles. The average molecular weight is 332 g/mol. The van der Waals surface area contributed by atoms with E-state index in [1.807, 2.05) is 0 Å². The summed E-state index contributed by atoms with van der Waals surface area (Å²) in [5, 5.41) is -0.0882. The molecular formula is C14H13ClF3N3O. The summed E-state index contributed by atoms with van der Waals surface area (Å²) in [6, 6.07) is 0.843. The minimum atomic E-state index is -4.48. The van der Waals surface area contributed by atoms with Crippen LogP contribution in [0.25, 0.3) is 5.65 Å². The summed E-state index contributed by atoms with van der Waals surface area (Å²) in [7, 11) is 0. The van der Waals surface area contributed by atoms with Crippen LogP contribution in [0.15, 0.2) is 18.5 Å². The van der Waals surface area contributed by atoms with E-state index in [0.717, 1.165) is 38.2 Å². The third-order valence-electron chi connectivity index (χ3n) is 3.67. The summed E-state index contributed by atoms with van der Waals surface area (Å²) in [6.45, 7) is 1.45. The van der Waals surface area contributed by atoms with Crippen LogP contribution in [0.5, 0.6) is 0 Å². The maximum absolute atomic E-state index is 12.8. The second kappa shape index (κ2) is 5.46. The predicted octanol–water partition coefficient (Wildman–Crippen LogP) is 3.17. The van der Waals surface area contributed by atoms with Crippen LogP contribution in [0, 0.1) is 0 Å². The number of carbonyl (C=O) groups excluding carboxylic acids is 1. The molecule has 1 aliphatic rings. The van der Waals surface area contributed by atoms with E-state index in [1.54, 1.807) is 4.90 Å². The second-order valence-corrected chi connectivity index (χ2v) is 5.71. The first-order valence-electron chi connectivity index (χ1n) is 6.87. The molecule has 3 heterocycles. The maximum Gasteiger partial charge on any atom is 0.417 e. The maximum atomic E-state index is 12.8. The van der Waals surface area contributed by atoms with Crippen LogP contribution in [-0.4, -0.2) is 33.3 Å². The molecule has 1 fully saturated rings. The Hall–Kier alpha value is -1.76. The van der Waals surface area contributed by atoms with E-state index in [4.69, 9.17) is 11.6 Å². The smallest absolute Gasteiger partial charge is 0.342 e. The van der Waals surface area contributed by atoms with Crippen molar-refractivity contribution in [2.75, 3.05) is 13.1 Å². The molecule has 4 nitrogen and oxygen atoms in total. The summed E-state index contributed by atoms with van der Waals surface area (Å²) >= 11 is 5.87. The van der Waals surface area contributed by atoms with E-state index in [-0.39, 0.29) is 23.0 Å². The van der Waals surface area contributed by atoms with Crippen LogP contribution in [0.3, 0.4) is 0 Å². The Bertz CT molecular complexity index is 720. The number of pyridine rings is 1. The van der Waals surface area contributed by atoms with E-state index in [1.165, 1.54) is 10.6 Å². The van der Waals surface area contributed by atoms with Gasteiger partial charge in [-0.1, -0.05) is 11.6 Å². The molecule has 0 aromatic carbocycles. The summed E-state index contributed by atoms with van der Waals surface area (Å²) in [5.41, 5.74) is -0.211. The Balaban J connectivity index is 1.89. The van der Waals surface area contributed by atoms with Crippen molar-refractivity contribution in [2.24, 2.45) is 0 Å². The van der Waals surface area contributed by atoms with Gasteiger partial charge in [-0.05, 0) is 18.9 Å². The molecule has 2 aromatic heterocycles. The predicted molar refractivity (Wildman–Crippen MR) is 74.7 cm³/mol. The lowest BCUT2D eigenvalue weighted by Gasteiger charge is -2.13. The number of imidazole rings is 1. The highest BCUT2D eigenvalue weighted by atomic mass is 35.5. The lowest BCUT2D eigenvalue weighted by Crippen LogP contribution is -2.29. The third kappa shape index (κ3) is 2.90. The molecule has 1 amide bonds. The van der Waals surface area contributed by atoms with E-state index in [2.05, 4.69) is 4.98 Å². The zero-order valence-corrected chi connectivity index (χ0v) is 12.3. The molecule has 3 rings (SSSR count). The number of aromatic nitrogens is 2. The summed E-state index contributed by atoms with van der Waals surface area (Å²) < 4.78 is 39.5. The number of hydrogen-bond acceptors (Lipinski definition) is 2. The highest BCUT2D eigenvalue weighted by Crippen LogP contribution is 2.32. The van der Waals surface area contributed by atoms with Gasteiger partial charge in [-0.2, -0.15) is 13.2 Å². The van der Waals surface area contributed by atoms with Gasteiger partial charge in [-0.15, -0.1) is 0 Å². The first kappa shape index (κ1) is 15.1. The topological polar surface area (TPSA) is 37.6 Å². The van der Waals surface area contributed by atoms with Crippen LogP contribution >= 0.6 is 11.6 Å². The van der Waals surface area contributed by atoms with Crippen LogP contribution in [0.1, 0.15) is 24.1 Å². The molecule has 1 saturated heterocycles. The monoisotopic (exact) mass is 331 g/mol. The van der Waals surface area contributed by atoms with Crippen molar-refractivity contribution in [3.8, 4) is 0 Å². The van der Waals surface area contributed by atoms with Gasteiger partial charge in [-0.3, -0.25) is 4.79 Å². The highest BCUT2D eigenvalue weighted by Gasteiger charge is 2.32. The number of fused-ring (bicyclic) bond motifs is 1. The molecule has 0 N–H and O–H groups in total. The number of halogens is 4. The van der Waals surface area contributed by atoms with E-state index in [0.29, 0.717) is 5.69 Å². The number of alkyl halides is 3. The van der Waals surface area contributed by atoms with Crippen molar-refractivity contribution in [1.29, 1.82) is 0 Å². The van der Waals surface area contributed by atoms with Crippen molar-refractivity contribution < 1.29 is 18.0 Å². The minimum absolute atomic E-state index is 0.0620. The highest BCUT2D eigenvalue weighted by molar-refractivity contribution is 6.33. The zero-order chi connectivity index (χ0) is 15.9. The molecule has 0 radical (unpaired) electrons. The minimum Gasteiger partial charge on any atom is -0.342 e. The molecular weight excluding hydrogens is 319 g/mol. The van der Waals surface area contributed by atoms with Gasteiger partial charge in [0.05, 0.1) is 22.7 Å². The van der Waals surface area contributed by atoms with Gasteiger partial charge in [0.1, 0.15) is 0 Å². The Kier molecular flexibility index (Phi) is 3.76. The van der Waals surface area contributed by atoms with Gasteiger partial charge in [-0.25, -0.2) is 4.98 Å². The lowest BCUT2D eigenvalue weighted by molar-refractivity contribution is -0.137. The van der Waals surface area contributed by atoms with Gasteiger partial charge >= 0.3 is 6.18 Å². The molecule has 0 bridgehead atoms. The SMILES string of the molecule is O=C(Cc1cn2cc(C(F)(F)F)cc(Cl)c2n1)N1CCCC1. The molecule has 8 heteroatoms. The van der Waals surface area contributed by atoms with E-state index < -0.39 is 11.7 Å². The number of amides is 1.